The van der Waals surface area contributed by atoms with Crippen molar-refractivity contribution in [2.24, 2.45) is 35.5 Å². The van der Waals surface area contributed by atoms with E-state index in [9.17, 15) is 9.59 Å². The van der Waals surface area contributed by atoms with E-state index in [4.69, 9.17) is 37.9 Å². The van der Waals surface area contributed by atoms with Gasteiger partial charge in [0.25, 0.3) is 0 Å². The smallest absolute Gasteiger partial charge is 0.162 e. The third kappa shape index (κ3) is 40.4. The lowest BCUT2D eigenvalue weighted by Gasteiger charge is -2.20. The number of fused-ring (bicyclic) bond motifs is 2. The van der Waals surface area contributed by atoms with Gasteiger partial charge in [-0.1, -0.05) is 383 Å². The monoisotopic (exact) mass is 1860 g/mol. The number of para-hydroxylation sites is 2. The first-order valence-electron chi connectivity index (χ1n) is 53.7. The number of unbranched alkanes of at least 4 members (excludes halogenated alkanes) is 12. The molecule has 0 aliphatic carbocycles. The molecule has 1 heterocycles. The highest BCUT2D eigenvalue weighted by molar-refractivity contribution is 5.76. The van der Waals surface area contributed by atoms with Crippen LogP contribution in [-0.2, 0) is 57.5 Å². The normalized spacial score (nSPS) is 14.0. The van der Waals surface area contributed by atoms with Crippen molar-refractivity contribution in [2.45, 2.75) is 314 Å². The molecule has 736 valence electrons. The largest absolute Gasteiger partial charge is 0.487 e. The minimum absolute atomic E-state index is 0.290. The van der Waals surface area contributed by atoms with Crippen molar-refractivity contribution in [3.05, 3.63) is 257 Å². The molecule has 6 unspecified atom stereocenters. The summed E-state index contributed by atoms with van der Waals surface area (Å²) in [5.41, 5.74) is 20.1. The molecule has 0 saturated carbocycles. The first-order chi connectivity index (χ1) is 67.8. The van der Waals surface area contributed by atoms with Gasteiger partial charge in [-0.15, -0.1) is 0 Å². The summed E-state index contributed by atoms with van der Waals surface area (Å²) >= 11 is 0. The van der Waals surface area contributed by atoms with Crippen molar-refractivity contribution in [1.29, 1.82) is 0 Å². The van der Waals surface area contributed by atoms with Crippen LogP contribution in [0, 0.1) is 107 Å². The van der Waals surface area contributed by atoms with Crippen LogP contribution in [0.2, 0.25) is 0 Å². The lowest BCUT2D eigenvalue weighted by molar-refractivity contribution is 0.0223. The van der Waals surface area contributed by atoms with Gasteiger partial charge in [0.05, 0.1) is 52.9 Å². The molecule has 1 aliphatic heterocycles. The predicted molar refractivity (Wildman–Crippen MR) is 573 cm³/mol. The SMILES string of the molecule is CCCCCC(CC)Cc1cc(C#Cc2cc(C#Cc3cc(CC(CC)CCCCC)c(C#Cc4ccc(C=O)cc4)cc3CC(CC)CCCCC)cc(C#Cc3cc(CC(CC)CCCCC)c(C#Cc4ccc5c(c4)OCCOCCOCCOc4ccccc4OCCOCCOCCO5)cc3CC(CC)CCCCC)c2)c(CC(CC)CCCCC)cc1C#Cc1ccc(C=O)cc1. The van der Waals surface area contributed by atoms with E-state index in [0.29, 0.717) is 149 Å². The van der Waals surface area contributed by atoms with Crippen LogP contribution >= 0.6 is 0 Å². The molecule has 8 aromatic carbocycles. The Morgan fingerprint density at radius 1 is 0.225 bits per heavy atom. The predicted octanol–water partition coefficient (Wildman–Crippen LogP) is 29.9. The van der Waals surface area contributed by atoms with Crippen molar-refractivity contribution >= 4 is 12.6 Å². The van der Waals surface area contributed by atoms with Crippen LogP contribution in [0.1, 0.15) is 397 Å². The fourth-order valence-electron chi connectivity index (χ4n) is 18.4. The van der Waals surface area contributed by atoms with E-state index >= 15 is 0 Å². The molecule has 9 rings (SSSR count). The number of ether oxygens (including phenoxy) is 8. The minimum atomic E-state index is 0.290. The summed E-state index contributed by atoms with van der Waals surface area (Å²) in [4.78, 5) is 23.7. The lowest BCUT2D eigenvalue weighted by atomic mass is 9.84. The van der Waals surface area contributed by atoms with Gasteiger partial charge < -0.3 is 37.9 Å². The molecule has 0 spiro atoms. The van der Waals surface area contributed by atoms with Crippen molar-refractivity contribution in [3.63, 3.8) is 0 Å². The molecule has 1 aliphatic rings. The molecule has 10 nitrogen and oxygen atoms in total. The summed E-state index contributed by atoms with van der Waals surface area (Å²) in [5, 5.41) is 0. The number of benzene rings is 8. The molecule has 0 aromatic heterocycles. The number of carbonyl (C=O) groups excluding carboxylic acids is 2. The third-order valence-corrected chi connectivity index (χ3v) is 27.4. The van der Waals surface area contributed by atoms with E-state index in [1.54, 1.807) is 0 Å². The lowest BCUT2D eigenvalue weighted by Crippen LogP contribution is -2.15. The van der Waals surface area contributed by atoms with Crippen LogP contribution in [0.15, 0.2) is 146 Å². The number of hydrogen-bond acceptors (Lipinski definition) is 10. The molecule has 0 radical (unpaired) electrons. The van der Waals surface area contributed by atoms with Crippen LogP contribution in [0.3, 0.4) is 0 Å². The van der Waals surface area contributed by atoms with Crippen molar-refractivity contribution in [2.75, 3.05) is 79.3 Å². The minimum Gasteiger partial charge on any atom is -0.487 e. The second-order valence-corrected chi connectivity index (χ2v) is 38.1. The standard InChI is InChI=1S/C128H164O10/c1-13-25-31-39-99(19-7)84-119-94-116(122(87-102(22-10)42-34-28-16-4)91-113(119)62-55-105-47-51-108(97-129)52-48-105)65-58-110-81-111(59-66-117-95-120(85-100(20-8)40-32-26-14-2)114(63-56-106-49-53-109(98-130)54-50-106)92-123(117)88-103(23-11)43-35-29-17-5)83-112(82-110)60-67-118-96-121(86-101(21-9)41-33-27-15-3)115(93-124(118)89-104(24-12)44-36-30-18-6)64-57-107-61-68-127-128(90-107)138-80-76-134-72-71-132-74-78-136-126-46-38-37-45-125(126)135-77-73-131-69-70-133-75-79-137-127/h37-38,45-54,61,68,81-83,90-104H,13-36,39-44,69-80,84-89H2,1-12H3. The summed E-state index contributed by atoms with van der Waals surface area (Å²) in [7, 11) is 0. The van der Waals surface area contributed by atoms with Crippen LogP contribution in [0.5, 0.6) is 23.0 Å². The maximum atomic E-state index is 11.8. The average Bonchev–Trinajstić information content (AvgIpc) is 0.814. The summed E-state index contributed by atoms with van der Waals surface area (Å²) in [5.74, 6) is 51.0. The zero-order valence-corrected chi connectivity index (χ0v) is 86.5. The molecule has 6 atom stereocenters. The highest BCUT2D eigenvalue weighted by Gasteiger charge is 2.23. The Bertz CT molecular complexity index is 5150. The van der Waals surface area contributed by atoms with Crippen LogP contribution < -0.4 is 18.9 Å². The molecule has 0 fully saturated rings. The zero-order valence-electron chi connectivity index (χ0n) is 86.5. The maximum Gasteiger partial charge on any atom is 0.162 e. The van der Waals surface area contributed by atoms with Crippen molar-refractivity contribution < 1.29 is 47.5 Å². The number of hydrogen-bond donors (Lipinski definition) is 0. The molecule has 0 N–H and O–H groups in total. The van der Waals surface area contributed by atoms with Crippen LogP contribution in [0.4, 0.5) is 0 Å². The fraction of sp³-hybridized carbons (Fsp3) is 0.516. The molecule has 10 heteroatoms. The van der Waals surface area contributed by atoms with Crippen molar-refractivity contribution in [1.82, 2.24) is 0 Å². The van der Waals surface area contributed by atoms with Gasteiger partial charge in [0.2, 0.25) is 0 Å². The third-order valence-electron chi connectivity index (χ3n) is 27.4. The zero-order chi connectivity index (χ0) is 97.8. The molecule has 0 bridgehead atoms. The Morgan fingerprint density at radius 3 is 0.681 bits per heavy atom. The molecule has 0 amide bonds. The van der Waals surface area contributed by atoms with Gasteiger partial charge in [-0.25, -0.2) is 0 Å². The second-order valence-electron chi connectivity index (χ2n) is 38.1. The highest BCUT2D eigenvalue weighted by atomic mass is 16.6. The van der Waals surface area contributed by atoms with E-state index < -0.39 is 0 Å². The molecular weight excluding hydrogens is 1700 g/mol. The quantitative estimate of drug-likeness (QED) is 0.0208. The summed E-state index contributed by atoms with van der Waals surface area (Å²) in [6, 6.07) is 50.1. The maximum absolute atomic E-state index is 11.8. The molecule has 8 aromatic rings. The molecule has 138 heavy (non-hydrogen) atoms. The van der Waals surface area contributed by atoms with Crippen molar-refractivity contribution in [3.8, 4) is 94.0 Å². The number of rotatable bonds is 44. The first-order valence-corrected chi connectivity index (χ1v) is 53.7. The van der Waals surface area contributed by atoms with E-state index in [1.165, 1.54) is 136 Å². The van der Waals surface area contributed by atoms with Gasteiger partial charge in [0.1, 0.15) is 39.0 Å². The first kappa shape index (κ1) is 111. The van der Waals surface area contributed by atoms with Gasteiger partial charge in [-0.2, -0.15) is 0 Å². The van der Waals surface area contributed by atoms with Crippen LogP contribution in [0.25, 0.3) is 0 Å². The number of carbonyl (C=O) groups is 2. The summed E-state index contributed by atoms with van der Waals surface area (Å²) in [6.07, 6.45) is 41.9. The second kappa shape index (κ2) is 66.2. The molecular formula is C128H164O10. The van der Waals surface area contributed by atoms with Gasteiger partial charge in [0, 0.05) is 77.9 Å². The topological polar surface area (TPSA) is 108 Å². The van der Waals surface area contributed by atoms with E-state index in [1.807, 2.05) is 91.0 Å². The number of aldehydes is 2. The molecule has 0 saturated heterocycles. The van der Waals surface area contributed by atoms with E-state index in [-0.39, 0.29) is 0 Å². The van der Waals surface area contributed by atoms with Gasteiger partial charge in [-0.05, 0) is 217 Å². The Kier molecular flexibility index (Phi) is 53.3. The fourth-order valence-corrected chi connectivity index (χ4v) is 18.4. The Labute approximate surface area is 834 Å². The van der Waals surface area contributed by atoms with Gasteiger partial charge in [-0.3, -0.25) is 9.59 Å². The average molecular weight is 1860 g/mol. The van der Waals surface area contributed by atoms with E-state index in [0.717, 1.165) is 208 Å². The Balaban J connectivity index is 1.25. The van der Waals surface area contributed by atoms with Crippen LogP contribution in [-0.4, -0.2) is 91.9 Å². The van der Waals surface area contributed by atoms with Gasteiger partial charge >= 0.3 is 0 Å². The highest BCUT2D eigenvalue weighted by Crippen LogP contribution is 2.35. The summed E-state index contributed by atoms with van der Waals surface area (Å²) < 4.78 is 48.9. The van der Waals surface area contributed by atoms with E-state index in [2.05, 4.69) is 209 Å². The summed E-state index contributed by atoms with van der Waals surface area (Å²) in [6.45, 7) is 32.4. The Morgan fingerprint density at radius 2 is 0.442 bits per heavy atom. The van der Waals surface area contributed by atoms with Gasteiger partial charge in [0.15, 0.2) is 23.0 Å². The Hall–Kier alpha value is -10.5.